The maximum Gasteiger partial charge on any atom is 0.251 e. The van der Waals surface area contributed by atoms with Gasteiger partial charge in [-0.25, -0.2) is 15.0 Å². The number of benzene rings is 1. The van der Waals surface area contributed by atoms with Crippen LogP contribution in [0.2, 0.25) is 5.02 Å². The molecule has 3 aromatic rings. The van der Waals surface area contributed by atoms with Crippen molar-refractivity contribution in [2.45, 2.75) is 50.7 Å². The van der Waals surface area contributed by atoms with E-state index >= 15 is 0 Å². The Morgan fingerprint density at radius 2 is 1.91 bits per heavy atom. The zero-order valence-electron chi connectivity index (χ0n) is 17.8. The molecule has 168 valence electrons. The molecule has 10 nitrogen and oxygen atoms in total. The fraction of sp³-hybridized carbons (Fsp3) is 0.429. The molecule has 2 aromatic heterocycles. The number of aromatic nitrogens is 4. The van der Waals surface area contributed by atoms with Crippen LogP contribution in [0.15, 0.2) is 36.9 Å². The third kappa shape index (κ3) is 3.69. The number of fused-ring (bicyclic) bond motifs is 2. The number of imidazole rings is 1. The summed E-state index contributed by atoms with van der Waals surface area (Å²) < 4.78 is 19.9. The first kappa shape index (κ1) is 21.1. The summed E-state index contributed by atoms with van der Waals surface area (Å²) >= 11 is 5.96. The van der Waals surface area contributed by atoms with Crippen LogP contribution < -0.4 is 10.6 Å². The molecule has 0 radical (unpaired) electrons. The molecule has 0 unspecified atom stereocenters. The number of nitrogens with one attached hydrogen (secondary N) is 2. The molecule has 4 heterocycles. The Balaban J connectivity index is 1.44. The van der Waals surface area contributed by atoms with Gasteiger partial charge in [0.05, 0.1) is 6.33 Å². The Kier molecular flexibility index (Phi) is 5.25. The van der Waals surface area contributed by atoms with Gasteiger partial charge in [0, 0.05) is 18.6 Å². The lowest BCUT2D eigenvalue weighted by atomic mass is 10.1. The first-order valence-electron chi connectivity index (χ1n) is 10.2. The second-order valence-electron chi connectivity index (χ2n) is 8.15. The van der Waals surface area contributed by atoms with Crippen molar-refractivity contribution in [1.29, 1.82) is 0 Å². The van der Waals surface area contributed by atoms with Crippen molar-refractivity contribution >= 4 is 34.5 Å². The highest BCUT2D eigenvalue weighted by molar-refractivity contribution is 6.30. The number of carbonyl (C=O) groups excluding carboxylic acids is 1. The van der Waals surface area contributed by atoms with Crippen LogP contribution in [-0.2, 0) is 25.5 Å². The molecule has 1 aromatic carbocycles. The number of likely N-dealkylation sites (N-methyl/N-ethyl adjacent to an activating group) is 1. The van der Waals surface area contributed by atoms with Gasteiger partial charge < -0.3 is 24.8 Å². The lowest BCUT2D eigenvalue weighted by Gasteiger charge is -2.24. The Labute approximate surface area is 189 Å². The van der Waals surface area contributed by atoms with Crippen LogP contribution >= 0.6 is 11.6 Å². The van der Waals surface area contributed by atoms with E-state index in [1.807, 2.05) is 38.1 Å². The minimum atomic E-state index is -0.833. The summed E-state index contributed by atoms with van der Waals surface area (Å²) in [6.45, 7) is 4.18. The second kappa shape index (κ2) is 7.96. The topological polar surface area (TPSA) is 112 Å². The van der Waals surface area contributed by atoms with Crippen LogP contribution in [0.1, 0.15) is 25.6 Å². The number of anilines is 1. The van der Waals surface area contributed by atoms with Gasteiger partial charge in [0.1, 0.15) is 18.5 Å². The van der Waals surface area contributed by atoms with Crippen molar-refractivity contribution in [2.75, 3.05) is 12.4 Å². The van der Waals surface area contributed by atoms with Crippen LogP contribution in [0.3, 0.4) is 0 Å². The molecule has 2 fully saturated rings. The zero-order valence-corrected chi connectivity index (χ0v) is 18.5. The van der Waals surface area contributed by atoms with Gasteiger partial charge in [0.2, 0.25) is 0 Å². The first-order chi connectivity index (χ1) is 15.4. The normalized spacial score (nSPS) is 26.2. The molecule has 2 aliphatic rings. The van der Waals surface area contributed by atoms with Gasteiger partial charge in [-0.05, 0) is 31.5 Å². The monoisotopic (exact) mass is 458 g/mol. The molecular weight excluding hydrogens is 436 g/mol. The molecule has 2 N–H and O–H groups in total. The molecule has 1 amide bonds. The molecule has 2 aliphatic heterocycles. The molecule has 0 saturated carbocycles. The predicted octanol–water partition coefficient (Wildman–Crippen LogP) is 2.26. The maximum atomic E-state index is 12.4. The number of amides is 1. The molecule has 0 bridgehead atoms. The highest BCUT2D eigenvalue weighted by Crippen LogP contribution is 2.43. The van der Waals surface area contributed by atoms with Crippen molar-refractivity contribution in [3.05, 3.63) is 47.5 Å². The summed E-state index contributed by atoms with van der Waals surface area (Å²) in [6.07, 6.45) is 0.604. The number of nitrogens with zero attached hydrogens (tertiary/aromatic N) is 4. The molecular formula is C21H23ClN6O4. The number of carbonyl (C=O) groups is 1. The number of hydrogen-bond acceptors (Lipinski definition) is 8. The minimum Gasteiger partial charge on any atom is -0.364 e. The van der Waals surface area contributed by atoms with Gasteiger partial charge in [-0.1, -0.05) is 23.7 Å². The van der Waals surface area contributed by atoms with Crippen molar-refractivity contribution in [2.24, 2.45) is 0 Å². The van der Waals surface area contributed by atoms with Crippen molar-refractivity contribution in [1.82, 2.24) is 24.8 Å². The summed E-state index contributed by atoms with van der Waals surface area (Å²) in [7, 11) is 1.56. The standard InChI is InChI=1S/C21H23ClN6O4/c1-21(2)31-14-15(19(29)23-3)30-20(16(14)32-21)28-10-27-13-17(25-9-26-18(13)28)24-8-11-4-6-12(22)7-5-11/h4-7,9-10,14-16,20H,8H2,1-3H3,(H,23,29)(H,24,25,26)/t14-,15+,16-,20-/m1/s1. The van der Waals surface area contributed by atoms with Gasteiger partial charge in [-0.3, -0.25) is 9.36 Å². The van der Waals surface area contributed by atoms with Crippen molar-refractivity contribution in [3.63, 3.8) is 0 Å². The summed E-state index contributed by atoms with van der Waals surface area (Å²) in [5, 5.41) is 6.60. The van der Waals surface area contributed by atoms with E-state index in [-0.39, 0.29) is 5.91 Å². The van der Waals surface area contributed by atoms with Crippen LogP contribution in [0.4, 0.5) is 5.82 Å². The van der Waals surface area contributed by atoms with E-state index in [2.05, 4.69) is 25.6 Å². The number of hydrogen-bond donors (Lipinski definition) is 2. The summed E-state index contributed by atoms with van der Waals surface area (Å²) in [5.74, 6) is -0.515. The fourth-order valence-corrected chi connectivity index (χ4v) is 4.24. The van der Waals surface area contributed by atoms with Crippen LogP contribution in [0.5, 0.6) is 0 Å². The first-order valence-corrected chi connectivity index (χ1v) is 10.6. The molecule has 5 rings (SSSR count). The average Bonchev–Trinajstić information content (AvgIpc) is 3.43. The average molecular weight is 459 g/mol. The lowest BCUT2D eigenvalue weighted by molar-refractivity contribution is -0.197. The quantitative estimate of drug-likeness (QED) is 0.598. The van der Waals surface area contributed by atoms with E-state index in [1.165, 1.54) is 6.33 Å². The van der Waals surface area contributed by atoms with Crippen molar-refractivity contribution in [3.8, 4) is 0 Å². The van der Waals surface area contributed by atoms with Gasteiger partial charge in [-0.2, -0.15) is 0 Å². The maximum absolute atomic E-state index is 12.4. The molecule has 11 heteroatoms. The smallest absolute Gasteiger partial charge is 0.251 e. The van der Waals surface area contributed by atoms with E-state index in [0.717, 1.165) is 5.56 Å². The minimum absolute atomic E-state index is 0.270. The largest absolute Gasteiger partial charge is 0.364 e. The Hall–Kier alpha value is -2.79. The lowest BCUT2D eigenvalue weighted by Crippen LogP contribution is -2.41. The van der Waals surface area contributed by atoms with Crippen LogP contribution in [0, 0.1) is 0 Å². The van der Waals surface area contributed by atoms with E-state index in [0.29, 0.717) is 28.5 Å². The molecule has 0 aliphatic carbocycles. The molecule has 0 spiro atoms. The molecule has 32 heavy (non-hydrogen) atoms. The van der Waals surface area contributed by atoms with E-state index < -0.39 is 30.3 Å². The summed E-state index contributed by atoms with van der Waals surface area (Å²) in [4.78, 5) is 25.7. The number of rotatable bonds is 5. The van der Waals surface area contributed by atoms with Gasteiger partial charge in [0.15, 0.2) is 35.1 Å². The molecule has 4 atom stereocenters. The fourth-order valence-electron chi connectivity index (χ4n) is 4.11. The number of ether oxygens (including phenoxy) is 3. The van der Waals surface area contributed by atoms with Gasteiger partial charge in [0.25, 0.3) is 5.91 Å². The second-order valence-corrected chi connectivity index (χ2v) is 8.59. The zero-order chi connectivity index (χ0) is 22.5. The van der Waals surface area contributed by atoms with E-state index in [9.17, 15) is 4.79 Å². The highest BCUT2D eigenvalue weighted by atomic mass is 35.5. The van der Waals surface area contributed by atoms with Crippen LogP contribution in [0.25, 0.3) is 11.2 Å². The summed E-state index contributed by atoms with van der Waals surface area (Å²) in [6, 6.07) is 7.56. The Bertz CT molecular complexity index is 1150. The van der Waals surface area contributed by atoms with E-state index in [1.54, 1.807) is 17.9 Å². The van der Waals surface area contributed by atoms with E-state index in [4.69, 9.17) is 25.8 Å². The molecule has 2 saturated heterocycles. The van der Waals surface area contributed by atoms with Crippen LogP contribution in [-0.4, -0.2) is 56.6 Å². The predicted molar refractivity (Wildman–Crippen MR) is 116 cm³/mol. The number of halogens is 1. The summed E-state index contributed by atoms with van der Waals surface area (Å²) in [5.41, 5.74) is 2.20. The third-order valence-electron chi connectivity index (χ3n) is 5.54. The SMILES string of the molecule is CNC(=O)[C@H]1O[C@@H](n2cnc3c(NCc4ccc(Cl)cc4)ncnc32)[C@@H]2OC(C)(C)O[C@@H]21. The Morgan fingerprint density at radius 1 is 1.16 bits per heavy atom. The highest BCUT2D eigenvalue weighted by Gasteiger charge is 2.58. The third-order valence-corrected chi connectivity index (χ3v) is 5.79. The van der Waals surface area contributed by atoms with Gasteiger partial charge in [-0.15, -0.1) is 0 Å². The Morgan fingerprint density at radius 3 is 2.66 bits per heavy atom. The van der Waals surface area contributed by atoms with Crippen molar-refractivity contribution < 1.29 is 19.0 Å². The van der Waals surface area contributed by atoms with Gasteiger partial charge >= 0.3 is 0 Å².